The second-order valence-electron chi connectivity index (χ2n) is 4.88. The van der Waals surface area contributed by atoms with Crippen molar-refractivity contribution in [3.05, 3.63) is 29.8 Å². The van der Waals surface area contributed by atoms with E-state index in [0.29, 0.717) is 19.8 Å². The summed E-state index contributed by atoms with van der Waals surface area (Å²) in [4.78, 5) is 0. The van der Waals surface area contributed by atoms with Gasteiger partial charge in [-0.15, -0.1) is 0 Å². The van der Waals surface area contributed by atoms with Crippen molar-refractivity contribution in [1.82, 2.24) is 0 Å². The molecule has 0 heterocycles. The van der Waals surface area contributed by atoms with Crippen molar-refractivity contribution in [3.8, 4) is 0 Å². The standard InChI is InChI=1S/C14H23NO4S/c1-12(11-20(3,16)17)15-14-6-4-5-13(9-14)10-19-8-7-18-2/h4-6,9,12,15H,7-8,10-11H2,1-3H3. The van der Waals surface area contributed by atoms with Gasteiger partial charge in [-0.2, -0.15) is 0 Å². The molecule has 0 amide bonds. The molecule has 5 nitrogen and oxygen atoms in total. The van der Waals surface area contributed by atoms with E-state index in [9.17, 15) is 8.42 Å². The number of anilines is 1. The van der Waals surface area contributed by atoms with Crippen LogP contribution in [0, 0.1) is 0 Å². The number of sulfone groups is 1. The predicted octanol–water partition coefficient (Wildman–Crippen LogP) is 1.69. The maximum atomic E-state index is 11.2. The highest BCUT2D eigenvalue weighted by molar-refractivity contribution is 7.90. The quantitative estimate of drug-likeness (QED) is 0.703. The van der Waals surface area contributed by atoms with E-state index in [2.05, 4.69) is 5.32 Å². The molecule has 0 aliphatic rings. The average molecular weight is 301 g/mol. The molecule has 0 aromatic heterocycles. The second kappa shape index (κ2) is 8.24. The summed E-state index contributed by atoms with van der Waals surface area (Å²) in [5.41, 5.74) is 1.94. The molecule has 0 fully saturated rings. The van der Waals surface area contributed by atoms with Gasteiger partial charge in [0.15, 0.2) is 0 Å². The lowest BCUT2D eigenvalue weighted by atomic mass is 10.2. The van der Waals surface area contributed by atoms with Crippen molar-refractivity contribution in [2.45, 2.75) is 19.6 Å². The van der Waals surface area contributed by atoms with Crippen molar-refractivity contribution in [3.63, 3.8) is 0 Å². The van der Waals surface area contributed by atoms with Gasteiger partial charge in [0, 0.05) is 25.1 Å². The van der Waals surface area contributed by atoms with Crippen LogP contribution in [-0.4, -0.2) is 46.8 Å². The number of rotatable bonds is 9. The molecule has 0 saturated heterocycles. The van der Waals surface area contributed by atoms with Gasteiger partial charge >= 0.3 is 0 Å². The largest absolute Gasteiger partial charge is 0.382 e. The van der Waals surface area contributed by atoms with E-state index in [1.807, 2.05) is 31.2 Å². The maximum absolute atomic E-state index is 11.2. The van der Waals surface area contributed by atoms with E-state index in [1.54, 1.807) is 7.11 Å². The van der Waals surface area contributed by atoms with Crippen molar-refractivity contribution in [2.24, 2.45) is 0 Å². The fraction of sp³-hybridized carbons (Fsp3) is 0.571. The Labute approximate surface area is 121 Å². The second-order valence-corrected chi connectivity index (χ2v) is 7.07. The van der Waals surface area contributed by atoms with Gasteiger partial charge in [-0.05, 0) is 24.6 Å². The van der Waals surface area contributed by atoms with Crippen LogP contribution in [-0.2, 0) is 25.9 Å². The summed E-state index contributed by atoms with van der Waals surface area (Å²) in [5.74, 6) is 0.113. The summed E-state index contributed by atoms with van der Waals surface area (Å²) in [6.07, 6.45) is 1.24. The van der Waals surface area contributed by atoms with E-state index in [-0.39, 0.29) is 11.8 Å². The number of hydrogen-bond acceptors (Lipinski definition) is 5. The molecule has 1 aromatic carbocycles. The summed E-state index contributed by atoms with van der Waals surface area (Å²) < 4.78 is 32.8. The van der Waals surface area contributed by atoms with Crippen LogP contribution >= 0.6 is 0 Å². The molecule has 114 valence electrons. The van der Waals surface area contributed by atoms with Crippen LogP contribution in [0.5, 0.6) is 0 Å². The zero-order valence-electron chi connectivity index (χ0n) is 12.3. The van der Waals surface area contributed by atoms with Gasteiger partial charge in [-0.3, -0.25) is 0 Å². The van der Waals surface area contributed by atoms with Crippen molar-refractivity contribution >= 4 is 15.5 Å². The van der Waals surface area contributed by atoms with E-state index in [4.69, 9.17) is 9.47 Å². The molecule has 20 heavy (non-hydrogen) atoms. The first-order valence-corrected chi connectivity index (χ1v) is 8.56. The van der Waals surface area contributed by atoms with E-state index < -0.39 is 9.84 Å². The third-order valence-corrected chi connectivity index (χ3v) is 3.70. The highest BCUT2D eigenvalue weighted by atomic mass is 32.2. The highest BCUT2D eigenvalue weighted by Gasteiger charge is 2.10. The van der Waals surface area contributed by atoms with Crippen molar-refractivity contribution in [1.29, 1.82) is 0 Å². The Balaban J connectivity index is 2.50. The maximum Gasteiger partial charge on any atom is 0.149 e. The smallest absolute Gasteiger partial charge is 0.149 e. The van der Waals surface area contributed by atoms with Gasteiger partial charge in [0.2, 0.25) is 0 Å². The SMILES string of the molecule is COCCOCc1cccc(NC(C)CS(C)(=O)=O)c1. The Morgan fingerprint density at radius 3 is 2.70 bits per heavy atom. The van der Waals surface area contributed by atoms with Crippen LogP contribution in [0.25, 0.3) is 0 Å². The molecule has 6 heteroatoms. The first-order chi connectivity index (χ1) is 9.40. The van der Waals surface area contributed by atoms with Gasteiger partial charge in [0.05, 0.1) is 25.6 Å². The highest BCUT2D eigenvalue weighted by Crippen LogP contribution is 2.13. The zero-order chi connectivity index (χ0) is 15.0. The summed E-state index contributed by atoms with van der Waals surface area (Å²) in [5, 5.41) is 3.18. The molecule has 1 N–H and O–H groups in total. The van der Waals surface area contributed by atoms with Crippen LogP contribution in [0.2, 0.25) is 0 Å². The van der Waals surface area contributed by atoms with Crippen LogP contribution < -0.4 is 5.32 Å². The monoisotopic (exact) mass is 301 g/mol. The molecule has 0 aliphatic carbocycles. The molecule has 1 atom stereocenters. The fourth-order valence-corrected chi connectivity index (χ4v) is 2.86. The van der Waals surface area contributed by atoms with Crippen LogP contribution in [0.1, 0.15) is 12.5 Å². The number of hydrogen-bond donors (Lipinski definition) is 1. The molecule has 0 aliphatic heterocycles. The summed E-state index contributed by atoms with van der Waals surface area (Å²) in [6.45, 7) is 3.49. The zero-order valence-corrected chi connectivity index (χ0v) is 13.1. The average Bonchev–Trinajstić information content (AvgIpc) is 2.32. The molecular formula is C14H23NO4S. The van der Waals surface area contributed by atoms with Crippen molar-refractivity contribution < 1.29 is 17.9 Å². The fourth-order valence-electron chi connectivity index (χ4n) is 1.86. The number of nitrogens with one attached hydrogen (secondary N) is 1. The molecule has 0 spiro atoms. The summed E-state index contributed by atoms with van der Waals surface area (Å²) >= 11 is 0. The molecular weight excluding hydrogens is 278 g/mol. The van der Waals surface area contributed by atoms with Gasteiger partial charge in [-0.1, -0.05) is 12.1 Å². The predicted molar refractivity (Wildman–Crippen MR) is 80.8 cm³/mol. The minimum Gasteiger partial charge on any atom is -0.382 e. The van der Waals surface area contributed by atoms with Gasteiger partial charge < -0.3 is 14.8 Å². The Bertz CT molecular complexity index is 502. The van der Waals surface area contributed by atoms with E-state index >= 15 is 0 Å². The lowest BCUT2D eigenvalue weighted by molar-refractivity contribution is 0.0617. The number of ether oxygens (including phenoxy) is 2. The summed E-state index contributed by atoms with van der Waals surface area (Å²) in [7, 11) is -1.34. The Morgan fingerprint density at radius 2 is 2.05 bits per heavy atom. The third kappa shape index (κ3) is 7.47. The Kier molecular flexibility index (Phi) is 6.98. The molecule has 1 unspecified atom stereocenters. The van der Waals surface area contributed by atoms with Crippen LogP contribution in [0.3, 0.4) is 0 Å². The molecule has 1 aromatic rings. The molecule has 0 bridgehead atoms. The van der Waals surface area contributed by atoms with E-state index in [1.165, 1.54) is 6.26 Å². The van der Waals surface area contributed by atoms with Crippen molar-refractivity contribution in [2.75, 3.05) is 37.6 Å². The first kappa shape index (κ1) is 16.9. The topological polar surface area (TPSA) is 64.6 Å². The Hall–Kier alpha value is -1.11. The van der Waals surface area contributed by atoms with Gasteiger partial charge in [0.1, 0.15) is 9.84 Å². The minimum absolute atomic E-state index is 0.113. The Morgan fingerprint density at radius 1 is 1.30 bits per heavy atom. The van der Waals surface area contributed by atoms with E-state index in [0.717, 1.165) is 11.3 Å². The normalized spacial score (nSPS) is 13.2. The molecule has 0 radical (unpaired) electrons. The van der Waals surface area contributed by atoms with Crippen LogP contribution in [0.15, 0.2) is 24.3 Å². The lowest BCUT2D eigenvalue weighted by Gasteiger charge is -2.15. The van der Waals surface area contributed by atoms with Crippen LogP contribution in [0.4, 0.5) is 5.69 Å². The summed E-state index contributed by atoms with van der Waals surface area (Å²) in [6, 6.07) is 7.64. The van der Waals surface area contributed by atoms with Gasteiger partial charge in [-0.25, -0.2) is 8.42 Å². The molecule has 1 rings (SSSR count). The first-order valence-electron chi connectivity index (χ1n) is 6.50. The molecule has 0 saturated carbocycles. The number of benzene rings is 1. The van der Waals surface area contributed by atoms with Gasteiger partial charge in [0.25, 0.3) is 0 Å². The lowest BCUT2D eigenvalue weighted by Crippen LogP contribution is -2.25. The minimum atomic E-state index is -2.98. The number of methoxy groups -OCH3 is 1. The third-order valence-electron chi connectivity index (χ3n) is 2.59.